The molecule has 0 amide bonds. The number of carboxylic acid groups (broad SMARTS) is 2. The average Bonchev–Trinajstić information content (AvgIpc) is 3.51. The van der Waals surface area contributed by atoms with E-state index in [0.29, 0.717) is 18.6 Å². The number of halogens is 6. The number of likely N-dealkylation sites (tertiary alicyclic amines) is 1. The van der Waals surface area contributed by atoms with Gasteiger partial charge in [0.2, 0.25) is 0 Å². The van der Waals surface area contributed by atoms with Gasteiger partial charge in [-0.05, 0) is 56.0 Å². The number of rotatable bonds is 6. The third kappa shape index (κ3) is 11.6. The Morgan fingerprint density at radius 1 is 1.05 bits per heavy atom. The molecule has 0 bridgehead atoms. The lowest BCUT2D eigenvalue weighted by Crippen LogP contribution is -2.40. The van der Waals surface area contributed by atoms with E-state index in [1.165, 1.54) is 18.4 Å². The Balaban J connectivity index is 0.000000317. The van der Waals surface area contributed by atoms with Crippen molar-refractivity contribution >= 4 is 11.9 Å². The van der Waals surface area contributed by atoms with Crippen molar-refractivity contribution in [3.8, 4) is 0 Å². The number of hydrogen-bond acceptors (Lipinski definition) is 7. The summed E-state index contributed by atoms with van der Waals surface area (Å²) in [6.07, 6.45) is -1.00. The molecular formula is C24H28F6N2O7. The van der Waals surface area contributed by atoms with Gasteiger partial charge in [0.25, 0.3) is 0 Å². The number of piperidine rings is 1. The third-order valence-electron chi connectivity index (χ3n) is 5.95. The van der Waals surface area contributed by atoms with E-state index >= 15 is 0 Å². The van der Waals surface area contributed by atoms with Crippen LogP contribution in [0.2, 0.25) is 0 Å². The summed E-state index contributed by atoms with van der Waals surface area (Å²) in [7, 11) is 0. The highest BCUT2D eigenvalue weighted by atomic mass is 19.4. The van der Waals surface area contributed by atoms with Crippen molar-refractivity contribution in [3.05, 3.63) is 54.2 Å². The van der Waals surface area contributed by atoms with Gasteiger partial charge in [0.15, 0.2) is 0 Å². The molecule has 15 heteroatoms. The molecule has 2 aromatic rings. The maximum atomic E-state index is 10.6. The fraction of sp³-hybridized carbons (Fsp3) is 0.542. The van der Waals surface area contributed by atoms with E-state index in [-0.39, 0.29) is 6.10 Å². The van der Waals surface area contributed by atoms with Crippen LogP contribution in [-0.2, 0) is 32.2 Å². The van der Waals surface area contributed by atoms with Crippen molar-refractivity contribution in [1.82, 2.24) is 9.88 Å². The first kappa shape index (κ1) is 32.0. The number of ether oxygens (including phenoxy) is 2. The van der Waals surface area contributed by atoms with Gasteiger partial charge >= 0.3 is 24.3 Å². The first-order chi connectivity index (χ1) is 18.2. The van der Waals surface area contributed by atoms with Crippen LogP contribution in [0.25, 0.3) is 0 Å². The Hall–Kier alpha value is -3.17. The van der Waals surface area contributed by atoms with Gasteiger partial charge in [-0.25, -0.2) is 9.59 Å². The molecule has 0 radical (unpaired) electrons. The molecule has 4 rings (SSSR count). The van der Waals surface area contributed by atoms with E-state index in [0.717, 1.165) is 38.4 Å². The lowest BCUT2D eigenvalue weighted by molar-refractivity contribution is -0.193. The molecule has 218 valence electrons. The van der Waals surface area contributed by atoms with Gasteiger partial charge in [0, 0.05) is 18.3 Å². The molecule has 2 aliphatic heterocycles. The molecule has 0 aromatic carbocycles. The molecular weight excluding hydrogens is 542 g/mol. The van der Waals surface area contributed by atoms with Crippen LogP contribution in [0.15, 0.2) is 47.4 Å². The molecule has 2 fully saturated rings. The SMILES string of the molecule is O=C(O)C(F)(F)F.O=C(O)C(F)(F)F.c1ccc(COCC2CC3(CCN(Cc4ccoc4)CC3)CO2)nc1. The smallest absolute Gasteiger partial charge is 0.475 e. The first-order valence-corrected chi connectivity index (χ1v) is 11.6. The van der Waals surface area contributed by atoms with Crippen molar-refractivity contribution in [3.63, 3.8) is 0 Å². The number of nitrogens with zero attached hydrogens (tertiary/aromatic N) is 2. The number of aliphatic carboxylic acids is 2. The normalized spacial score (nSPS) is 19.0. The summed E-state index contributed by atoms with van der Waals surface area (Å²) in [6.45, 7) is 5.36. The predicted molar refractivity (Wildman–Crippen MR) is 121 cm³/mol. The molecule has 2 aromatic heterocycles. The molecule has 2 saturated heterocycles. The summed E-state index contributed by atoms with van der Waals surface area (Å²) >= 11 is 0. The van der Waals surface area contributed by atoms with Gasteiger partial charge in [-0.3, -0.25) is 9.88 Å². The van der Waals surface area contributed by atoms with Crippen LogP contribution in [0, 0.1) is 5.41 Å². The van der Waals surface area contributed by atoms with Crippen LogP contribution in [0.3, 0.4) is 0 Å². The Labute approximate surface area is 219 Å². The lowest BCUT2D eigenvalue weighted by Gasteiger charge is -2.38. The zero-order valence-electron chi connectivity index (χ0n) is 20.6. The molecule has 39 heavy (non-hydrogen) atoms. The van der Waals surface area contributed by atoms with E-state index in [1.54, 1.807) is 12.5 Å². The van der Waals surface area contributed by atoms with Crippen molar-refractivity contribution in [2.45, 2.75) is 50.9 Å². The predicted octanol–water partition coefficient (Wildman–Crippen LogP) is 4.53. The van der Waals surface area contributed by atoms with Gasteiger partial charge in [0.05, 0.1) is 44.1 Å². The summed E-state index contributed by atoms with van der Waals surface area (Å²) < 4.78 is 80.5. The maximum Gasteiger partial charge on any atom is 0.490 e. The highest BCUT2D eigenvalue weighted by Gasteiger charge is 2.42. The molecule has 4 heterocycles. The fourth-order valence-corrected chi connectivity index (χ4v) is 3.96. The number of carbonyl (C=O) groups is 2. The quantitative estimate of drug-likeness (QED) is 0.483. The number of hydrogen-bond donors (Lipinski definition) is 2. The van der Waals surface area contributed by atoms with Crippen LogP contribution in [0.5, 0.6) is 0 Å². The van der Waals surface area contributed by atoms with Crippen LogP contribution in [0.1, 0.15) is 30.5 Å². The van der Waals surface area contributed by atoms with Crippen molar-refractivity contribution in [2.75, 3.05) is 26.3 Å². The van der Waals surface area contributed by atoms with Crippen LogP contribution < -0.4 is 0 Å². The molecule has 2 N–H and O–H groups in total. The molecule has 1 spiro atoms. The van der Waals surface area contributed by atoms with Gasteiger partial charge < -0.3 is 24.1 Å². The van der Waals surface area contributed by atoms with Gasteiger partial charge in [-0.15, -0.1) is 0 Å². The second-order valence-electron chi connectivity index (χ2n) is 8.99. The summed E-state index contributed by atoms with van der Waals surface area (Å²) in [5, 5.41) is 14.2. The second kappa shape index (κ2) is 14.3. The Kier molecular flexibility index (Phi) is 11.7. The second-order valence-corrected chi connectivity index (χ2v) is 8.99. The summed E-state index contributed by atoms with van der Waals surface area (Å²) in [5.74, 6) is -5.51. The van der Waals surface area contributed by atoms with Crippen molar-refractivity contribution in [2.24, 2.45) is 5.41 Å². The van der Waals surface area contributed by atoms with Crippen LogP contribution in [0.4, 0.5) is 26.3 Å². The van der Waals surface area contributed by atoms with E-state index in [1.807, 2.05) is 24.5 Å². The lowest BCUT2D eigenvalue weighted by atomic mass is 9.76. The highest BCUT2D eigenvalue weighted by molar-refractivity contribution is 5.73. The minimum atomic E-state index is -5.08. The van der Waals surface area contributed by atoms with Crippen molar-refractivity contribution in [1.29, 1.82) is 0 Å². The van der Waals surface area contributed by atoms with Crippen LogP contribution in [-0.4, -0.2) is 76.8 Å². The largest absolute Gasteiger partial charge is 0.490 e. The number of aromatic nitrogens is 1. The first-order valence-electron chi connectivity index (χ1n) is 11.6. The van der Waals surface area contributed by atoms with Gasteiger partial charge in [-0.1, -0.05) is 6.07 Å². The number of furan rings is 1. The highest BCUT2D eigenvalue weighted by Crippen LogP contribution is 2.42. The Morgan fingerprint density at radius 3 is 2.15 bits per heavy atom. The molecule has 2 aliphatic rings. The molecule has 9 nitrogen and oxygen atoms in total. The summed E-state index contributed by atoms with van der Waals surface area (Å²) in [4.78, 5) is 24.6. The van der Waals surface area contributed by atoms with E-state index < -0.39 is 24.3 Å². The Morgan fingerprint density at radius 2 is 1.67 bits per heavy atom. The zero-order valence-corrected chi connectivity index (χ0v) is 20.6. The maximum absolute atomic E-state index is 10.6. The minimum absolute atomic E-state index is 0.226. The molecule has 1 atom stereocenters. The summed E-state index contributed by atoms with van der Waals surface area (Å²) in [6, 6.07) is 7.96. The topological polar surface area (TPSA) is 122 Å². The van der Waals surface area contributed by atoms with E-state index in [2.05, 4.69) is 16.0 Å². The van der Waals surface area contributed by atoms with Gasteiger partial charge in [0.1, 0.15) is 0 Å². The zero-order chi connectivity index (χ0) is 29.1. The number of pyridine rings is 1. The molecule has 0 saturated carbocycles. The van der Waals surface area contributed by atoms with Crippen molar-refractivity contribution < 1.29 is 60.0 Å². The fourth-order valence-electron chi connectivity index (χ4n) is 3.96. The van der Waals surface area contributed by atoms with E-state index in [9.17, 15) is 26.3 Å². The number of alkyl halides is 6. The molecule has 0 aliphatic carbocycles. The minimum Gasteiger partial charge on any atom is -0.475 e. The third-order valence-corrected chi connectivity index (χ3v) is 5.95. The van der Waals surface area contributed by atoms with E-state index in [4.69, 9.17) is 33.7 Å². The monoisotopic (exact) mass is 570 g/mol. The number of carboxylic acids is 2. The Bertz CT molecular complexity index is 984. The average molecular weight is 570 g/mol. The van der Waals surface area contributed by atoms with Crippen LogP contribution >= 0.6 is 0 Å². The summed E-state index contributed by atoms with van der Waals surface area (Å²) in [5.41, 5.74) is 2.59. The standard InChI is InChI=1S/C20H26N2O3.2C2HF3O2/c1-2-7-21-18(3-1)14-24-15-19-11-20(16-25-19)5-8-22(9-6-20)12-17-4-10-23-13-17;2*3-2(4,5)1(6)7/h1-4,7,10,13,19H,5-6,8-9,11-12,14-16H2;2*(H,6,7). The van der Waals surface area contributed by atoms with Gasteiger partial charge in [-0.2, -0.15) is 26.3 Å². The molecule has 1 unspecified atom stereocenters.